The maximum Gasteiger partial charge on any atom is 0.108 e. The number of allylic oxidation sites excluding steroid dienone is 1. The zero-order valence-electron chi connectivity index (χ0n) is 15.9. The summed E-state index contributed by atoms with van der Waals surface area (Å²) in [5.74, 6) is 6.77. The van der Waals surface area contributed by atoms with E-state index in [-0.39, 0.29) is 12.2 Å². The minimum Gasteiger partial charge on any atom is -0.370 e. The summed E-state index contributed by atoms with van der Waals surface area (Å²) in [6, 6.07) is 1.22. The highest BCUT2D eigenvalue weighted by Gasteiger charge is 2.44. The van der Waals surface area contributed by atoms with E-state index in [1.807, 2.05) is 6.92 Å². The smallest absolute Gasteiger partial charge is 0.108 e. The van der Waals surface area contributed by atoms with E-state index in [1.54, 1.807) is 0 Å². The van der Waals surface area contributed by atoms with Crippen LogP contribution in [0.4, 0.5) is 0 Å². The maximum absolute atomic E-state index is 6.17. The lowest BCUT2D eigenvalue weighted by Crippen LogP contribution is -2.36. The van der Waals surface area contributed by atoms with Crippen LogP contribution < -0.4 is 0 Å². The molecule has 3 heteroatoms. The molecule has 1 heterocycles. The highest BCUT2D eigenvalue weighted by molar-refractivity contribution is 6.76. The summed E-state index contributed by atoms with van der Waals surface area (Å²) < 4.78 is 12.3. The molecule has 0 N–H and O–H groups in total. The lowest BCUT2D eigenvalue weighted by atomic mass is 9.96. The normalized spacial score (nSPS) is 29.8. The van der Waals surface area contributed by atoms with E-state index in [0.717, 1.165) is 12.0 Å². The van der Waals surface area contributed by atoms with E-state index in [0.29, 0.717) is 25.0 Å². The molecule has 0 amide bonds. The zero-order chi connectivity index (χ0) is 17.7. The summed E-state index contributed by atoms with van der Waals surface area (Å²) in [5.41, 5.74) is 2.36. The minimum atomic E-state index is -1.05. The van der Waals surface area contributed by atoms with Crippen LogP contribution >= 0.6 is 0 Å². The highest BCUT2D eigenvalue weighted by atomic mass is 28.3. The van der Waals surface area contributed by atoms with Crippen LogP contribution in [0.15, 0.2) is 36.0 Å². The van der Waals surface area contributed by atoms with E-state index < -0.39 is 8.07 Å². The topological polar surface area (TPSA) is 18.5 Å². The SMILES string of the molecule is C=C(C)C1=C[C@H]2C[C@@H](/C=C/C[Si](C)(C)C)[C@@H](OCC#CC)C2OC1. The third kappa shape index (κ3) is 5.21. The molecule has 0 spiro atoms. The average molecular weight is 345 g/mol. The van der Waals surface area contributed by atoms with Crippen LogP contribution in [0, 0.1) is 23.7 Å². The van der Waals surface area contributed by atoms with Gasteiger partial charge in [-0.2, -0.15) is 0 Å². The molecule has 24 heavy (non-hydrogen) atoms. The van der Waals surface area contributed by atoms with Crippen molar-refractivity contribution in [3.8, 4) is 11.8 Å². The molecule has 0 aromatic carbocycles. The van der Waals surface area contributed by atoms with Gasteiger partial charge in [-0.15, -0.1) is 5.92 Å². The van der Waals surface area contributed by atoms with Gasteiger partial charge in [0.25, 0.3) is 0 Å². The molecule has 0 bridgehead atoms. The fraction of sp³-hybridized carbons (Fsp3) is 0.619. The van der Waals surface area contributed by atoms with Crippen molar-refractivity contribution in [3.05, 3.63) is 36.0 Å². The second-order valence-corrected chi connectivity index (χ2v) is 13.7. The number of hydrogen-bond donors (Lipinski definition) is 0. The van der Waals surface area contributed by atoms with Gasteiger partial charge < -0.3 is 9.47 Å². The molecule has 1 aliphatic heterocycles. The van der Waals surface area contributed by atoms with Crippen LogP contribution in [0.2, 0.25) is 25.7 Å². The number of fused-ring (bicyclic) bond motifs is 1. The average Bonchev–Trinajstić information content (AvgIpc) is 2.83. The third-order valence-corrected chi connectivity index (χ3v) is 6.21. The summed E-state index contributed by atoms with van der Waals surface area (Å²) in [7, 11) is -1.05. The molecule has 1 aliphatic carbocycles. The molecule has 4 atom stereocenters. The molecule has 0 radical (unpaired) electrons. The van der Waals surface area contributed by atoms with E-state index in [4.69, 9.17) is 9.47 Å². The van der Waals surface area contributed by atoms with Crippen molar-refractivity contribution in [1.29, 1.82) is 0 Å². The Balaban J connectivity index is 2.12. The molecule has 1 unspecified atom stereocenters. The van der Waals surface area contributed by atoms with Crippen molar-refractivity contribution in [2.24, 2.45) is 11.8 Å². The number of rotatable bonds is 6. The molecule has 2 aliphatic rings. The summed E-state index contributed by atoms with van der Waals surface area (Å²) in [6.45, 7) is 16.3. The van der Waals surface area contributed by atoms with Crippen LogP contribution in [0.25, 0.3) is 0 Å². The van der Waals surface area contributed by atoms with E-state index in [1.165, 1.54) is 11.6 Å². The Morgan fingerprint density at radius 3 is 2.83 bits per heavy atom. The Morgan fingerprint density at radius 2 is 2.21 bits per heavy atom. The quantitative estimate of drug-likeness (QED) is 0.390. The molecular weight excluding hydrogens is 312 g/mol. The second-order valence-electron chi connectivity index (χ2n) is 8.21. The Labute approximate surface area is 149 Å². The van der Waals surface area contributed by atoms with Gasteiger partial charge >= 0.3 is 0 Å². The van der Waals surface area contributed by atoms with E-state index in [9.17, 15) is 0 Å². The Bertz CT molecular complexity index is 571. The van der Waals surface area contributed by atoms with Gasteiger partial charge in [0, 0.05) is 19.9 Å². The fourth-order valence-corrected chi connectivity index (χ4v) is 4.27. The molecule has 0 aromatic rings. The predicted octanol–water partition coefficient (Wildman–Crippen LogP) is 4.83. The van der Waals surface area contributed by atoms with Crippen molar-refractivity contribution in [3.63, 3.8) is 0 Å². The van der Waals surface area contributed by atoms with Gasteiger partial charge in [0.1, 0.15) is 6.61 Å². The van der Waals surface area contributed by atoms with Crippen LogP contribution in [-0.2, 0) is 9.47 Å². The molecule has 2 nitrogen and oxygen atoms in total. The first-order valence-electron chi connectivity index (χ1n) is 8.98. The highest BCUT2D eigenvalue weighted by Crippen LogP contribution is 2.41. The molecule has 132 valence electrons. The van der Waals surface area contributed by atoms with Crippen LogP contribution in [0.1, 0.15) is 20.3 Å². The van der Waals surface area contributed by atoms with Crippen LogP contribution in [0.5, 0.6) is 0 Å². The summed E-state index contributed by atoms with van der Waals surface area (Å²) in [5, 5.41) is 0. The van der Waals surface area contributed by atoms with E-state index in [2.05, 4.69) is 63.2 Å². The predicted molar refractivity (Wildman–Crippen MR) is 105 cm³/mol. The third-order valence-electron chi connectivity index (χ3n) is 4.75. The zero-order valence-corrected chi connectivity index (χ0v) is 16.9. The first-order valence-corrected chi connectivity index (χ1v) is 12.7. The van der Waals surface area contributed by atoms with Crippen molar-refractivity contribution in [2.45, 2.75) is 58.2 Å². The van der Waals surface area contributed by atoms with Gasteiger partial charge in [-0.1, -0.05) is 55.9 Å². The van der Waals surface area contributed by atoms with E-state index >= 15 is 0 Å². The summed E-state index contributed by atoms with van der Waals surface area (Å²) in [6.07, 6.45) is 8.46. The van der Waals surface area contributed by atoms with Gasteiger partial charge in [-0.3, -0.25) is 0 Å². The number of ether oxygens (including phenoxy) is 2. The molecule has 0 saturated heterocycles. The van der Waals surface area contributed by atoms with Gasteiger partial charge in [0.05, 0.1) is 18.8 Å². The first-order chi connectivity index (χ1) is 11.3. The largest absolute Gasteiger partial charge is 0.370 e. The standard InChI is InChI=1S/C21H32O2Si/c1-7-8-11-22-20-17(10-9-12-24(4,5)6)13-18-14-19(16(2)3)15-23-21(18)20/h9-10,14,17-18,20-21H,2,11-13,15H2,1,3-6H3/b10-9+/t17-,18-,20-,21?/m1/s1. The molecule has 2 rings (SSSR count). The minimum absolute atomic E-state index is 0.108. The summed E-state index contributed by atoms with van der Waals surface area (Å²) in [4.78, 5) is 0. The fourth-order valence-electron chi connectivity index (χ4n) is 3.42. The lowest BCUT2D eigenvalue weighted by molar-refractivity contribution is -0.0640. The van der Waals surface area contributed by atoms with Gasteiger partial charge in [-0.05, 0) is 31.9 Å². The Morgan fingerprint density at radius 1 is 1.46 bits per heavy atom. The molecular formula is C21H32O2Si. The first kappa shape index (κ1) is 19.2. The van der Waals surface area contributed by atoms with Gasteiger partial charge in [0.2, 0.25) is 0 Å². The maximum atomic E-state index is 6.17. The van der Waals surface area contributed by atoms with Crippen molar-refractivity contribution in [1.82, 2.24) is 0 Å². The summed E-state index contributed by atoms with van der Waals surface area (Å²) >= 11 is 0. The van der Waals surface area contributed by atoms with Crippen molar-refractivity contribution in [2.75, 3.05) is 13.2 Å². The van der Waals surface area contributed by atoms with Crippen LogP contribution in [0.3, 0.4) is 0 Å². The number of hydrogen-bond acceptors (Lipinski definition) is 2. The molecule has 1 saturated carbocycles. The lowest BCUT2D eigenvalue weighted by Gasteiger charge is -2.29. The van der Waals surface area contributed by atoms with Gasteiger partial charge in [0.15, 0.2) is 0 Å². The second kappa shape index (κ2) is 8.34. The van der Waals surface area contributed by atoms with Crippen molar-refractivity contribution >= 4 is 8.07 Å². The van der Waals surface area contributed by atoms with Crippen LogP contribution in [-0.4, -0.2) is 33.5 Å². The monoisotopic (exact) mass is 344 g/mol. The molecule has 1 fully saturated rings. The Kier molecular flexibility index (Phi) is 6.68. The molecule has 0 aromatic heterocycles. The van der Waals surface area contributed by atoms with Crippen molar-refractivity contribution < 1.29 is 9.47 Å². The Hall–Kier alpha value is -1.08. The van der Waals surface area contributed by atoms with Gasteiger partial charge in [-0.25, -0.2) is 0 Å².